The van der Waals surface area contributed by atoms with E-state index >= 15 is 0 Å². The topological polar surface area (TPSA) is 59.0 Å². The molecule has 2 heterocycles. The number of hydrogen-bond acceptors (Lipinski definition) is 4. The number of phenols is 1. The van der Waals surface area contributed by atoms with Gasteiger partial charge in [-0.2, -0.15) is 0 Å². The maximum Gasteiger partial charge on any atom is 0.321 e. The summed E-state index contributed by atoms with van der Waals surface area (Å²) in [7, 11) is 2.17. The summed E-state index contributed by atoms with van der Waals surface area (Å²) in [6.07, 6.45) is 1.23. The van der Waals surface area contributed by atoms with Crippen LogP contribution in [-0.2, 0) is 0 Å². The zero-order valence-electron chi connectivity index (χ0n) is 13.0. The minimum Gasteiger partial charge on any atom is -0.508 e. The van der Waals surface area contributed by atoms with Gasteiger partial charge >= 0.3 is 6.03 Å². The number of rotatable bonds is 2. The molecule has 2 N–H and O–H groups in total. The highest BCUT2D eigenvalue weighted by Crippen LogP contribution is 2.17. The Bertz CT molecular complexity index is 511. The second-order valence-corrected chi connectivity index (χ2v) is 6.20. The highest BCUT2D eigenvalue weighted by molar-refractivity contribution is 5.89. The number of nitrogens with zero attached hydrogens (tertiary/aromatic N) is 3. The van der Waals surface area contributed by atoms with Crippen LogP contribution in [0.4, 0.5) is 10.5 Å². The second-order valence-electron chi connectivity index (χ2n) is 6.20. The molecule has 0 spiro atoms. The molecule has 1 aromatic carbocycles. The van der Waals surface area contributed by atoms with Gasteiger partial charge in [0.2, 0.25) is 0 Å². The van der Waals surface area contributed by atoms with Crippen LogP contribution in [0.2, 0.25) is 0 Å². The molecular formula is C16H24N4O2. The number of piperazine rings is 1. The number of urea groups is 1. The molecule has 1 atom stereocenters. The van der Waals surface area contributed by atoms with Crippen LogP contribution in [0.3, 0.4) is 0 Å². The Morgan fingerprint density at radius 1 is 1.14 bits per heavy atom. The molecule has 22 heavy (non-hydrogen) atoms. The van der Waals surface area contributed by atoms with Gasteiger partial charge < -0.3 is 20.2 Å². The predicted octanol–water partition coefficient (Wildman–Crippen LogP) is 1.25. The smallest absolute Gasteiger partial charge is 0.321 e. The average molecular weight is 304 g/mol. The third-order valence-corrected chi connectivity index (χ3v) is 4.60. The zero-order valence-corrected chi connectivity index (χ0v) is 13.0. The van der Waals surface area contributed by atoms with Crippen LogP contribution in [-0.4, -0.2) is 78.2 Å². The first-order chi connectivity index (χ1) is 10.6. The normalized spacial score (nSPS) is 23.7. The monoisotopic (exact) mass is 304 g/mol. The van der Waals surface area contributed by atoms with Crippen LogP contribution >= 0.6 is 0 Å². The molecule has 1 unspecified atom stereocenters. The Labute approximate surface area is 131 Å². The number of carbonyl (C=O) groups excluding carboxylic acids is 1. The molecule has 3 rings (SSSR count). The quantitative estimate of drug-likeness (QED) is 0.807. The van der Waals surface area contributed by atoms with Crippen molar-refractivity contribution in [2.24, 2.45) is 0 Å². The van der Waals surface area contributed by atoms with E-state index in [-0.39, 0.29) is 11.8 Å². The number of likely N-dealkylation sites (N-methyl/N-ethyl adjacent to an activating group) is 1. The summed E-state index contributed by atoms with van der Waals surface area (Å²) < 4.78 is 0. The minimum absolute atomic E-state index is 0.0612. The van der Waals surface area contributed by atoms with E-state index in [2.05, 4.69) is 22.2 Å². The van der Waals surface area contributed by atoms with Crippen LogP contribution in [0, 0.1) is 0 Å². The minimum atomic E-state index is -0.0612. The molecule has 2 amide bonds. The number of phenolic OH excluding ortho intramolecular Hbond substituents is 1. The lowest BCUT2D eigenvalue weighted by atomic mass is 10.2. The molecule has 2 saturated heterocycles. The molecule has 2 fully saturated rings. The second kappa shape index (κ2) is 6.54. The molecular weight excluding hydrogens is 280 g/mol. The number of carbonyl (C=O) groups is 1. The van der Waals surface area contributed by atoms with Crippen LogP contribution in [0.1, 0.15) is 6.42 Å². The molecule has 2 aliphatic rings. The SMILES string of the molecule is CN1CCC(N2CCN(C(=O)Nc3ccc(O)cc3)CC2)C1. The van der Waals surface area contributed by atoms with Crippen LogP contribution in [0.5, 0.6) is 5.75 Å². The van der Waals surface area contributed by atoms with Crippen molar-refractivity contribution in [2.45, 2.75) is 12.5 Å². The van der Waals surface area contributed by atoms with Crippen molar-refractivity contribution >= 4 is 11.7 Å². The Morgan fingerprint density at radius 3 is 2.41 bits per heavy atom. The van der Waals surface area contributed by atoms with Gasteiger partial charge in [0.05, 0.1) is 0 Å². The van der Waals surface area contributed by atoms with Gasteiger partial charge in [0.1, 0.15) is 5.75 Å². The fourth-order valence-electron chi connectivity index (χ4n) is 3.25. The molecule has 120 valence electrons. The molecule has 0 aromatic heterocycles. The largest absolute Gasteiger partial charge is 0.508 e. The Balaban J connectivity index is 1.48. The summed E-state index contributed by atoms with van der Waals surface area (Å²) in [4.78, 5) is 19.0. The maximum atomic E-state index is 12.3. The van der Waals surface area contributed by atoms with Gasteiger partial charge in [-0.1, -0.05) is 0 Å². The molecule has 6 nitrogen and oxygen atoms in total. The fraction of sp³-hybridized carbons (Fsp3) is 0.562. The van der Waals surface area contributed by atoms with E-state index in [1.54, 1.807) is 24.3 Å². The first kappa shape index (κ1) is 15.1. The van der Waals surface area contributed by atoms with E-state index in [0.29, 0.717) is 11.7 Å². The number of anilines is 1. The van der Waals surface area contributed by atoms with Crippen molar-refractivity contribution in [3.63, 3.8) is 0 Å². The standard InChI is InChI=1S/C16H24N4O2/c1-18-7-6-14(12-18)19-8-10-20(11-9-19)16(22)17-13-2-4-15(21)5-3-13/h2-5,14,21H,6-12H2,1H3,(H,17,22). The van der Waals surface area contributed by atoms with Crippen molar-refractivity contribution in [3.8, 4) is 5.75 Å². The summed E-state index contributed by atoms with van der Waals surface area (Å²) in [6.45, 7) is 5.74. The van der Waals surface area contributed by atoms with Crippen molar-refractivity contribution in [2.75, 3.05) is 51.6 Å². The summed E-state index contributed by atoms with van der Waals surface area (Å²) >= 11 is 0. The summed E-state index contributed by atoms with van der Waals surface area (Å²) in [5, 5.41) is 12.1. The number of hydrogen-bond donors (Lipinski definition) is 2. The van der Waals surface area contributed by atoms with Crippen molar-refractivity contribution in [3.05, 3.63) is 24.3 Å². The first-order valence-corrected chi connectivity index (χ1v) is 7.89. The van der Waals surface area contributed by atoms with Gasteiger partial charge in [0.15, 0.2) is 0 Å². The van der Waals surface area contributed by atoms with E-state index < -0.39 is 0 Å². The predicted molar refractivity (Wildman–Crippen MR) is 86.2 cm³/mol. The van der Waals surface area contributed by atoms with E-state index in [9.17, 15) is 9.90 Å². The third kappa shape index (κ3) is 3.51. The Kier molecular flexibility index (Phi) is 4.49. The summed E-state index contributed by atoms with van der Waals surface area (Å²) in [5.74, 6) is 0.202. The first-order valence-electron chi connectivity index (χ1n) is 7.89. The molecule has 6 heteroatoms. The van der Waals surface area contributed by atoms with E-state index in [1.165, 1.54) is 13.0 Å². The third-order valence-electron chi connectivity index (χ3n) is 4.60. The van der Waals surface area contributed by atoms with Crippen LogP contribution < -0.4 is 5.32 Å². The summed E-state index contributed by atoms with van der Waals surface area (Å²) in [6, 6.07) is 7.14. The molecule has 1 aromatic rings. The maximum absolute atomic E-state index is 12.3. The van der Waals surface area contributed by atoms with Crippen LogP contribution in [0.25, 0.3) is 0 Å². The number of benzene rings is 1. The van der Waals surface area contributed by atoms with Gasteiger partial charge in [0.25, 0.3) is 0 Å². The molecule has 0 saturated carbocycles. The number of nitrogens with one attached hydrogen (secondary N) is 1. The van der Waals surface area contributed by atoms with Crippen molar-refractivity contribution in [1.29, 1.82) is 0 Å². The van der Waals surface area contributed by atoms with Gasteiger partial charge in [-0.05, 0) is 44.3 Å². The number of amides is 2. The lowest BCUT2D eigenvalue weighted by Crippen LogP contribution is -2.53. The van der Waals surface area contributed by atoms with Gasteiger partial charge in [0, 0.05) is 44.5 Å². The highest BCUT2D eigenvalue weighted by Gasteiger charge is 2.29. The van der Waals surface area contributed by atoms with E-state index in [0.717, 1.165) is 32.7 Å². The van der Waals surface area contributed by atoms with E-state index in [1.807, 2.05) is 4.90 Å². The van der Waals surface area contributed by atoms with E-state index in [4.69, 9.17) is 0 Å². The highest BCUT2D eigenvalue weighted by atomic mass is 16.3. The Hall–Kier alpha value is -1.79. The van der Waals surface area contributed by atoms with Gasteiger partial charge in [-0.25, -0.2) is 4.79 Å². The number of aromatic hydroxyl groups is 1. The van der Waals surface area contributed by atoms with Crippen molar-refractivity contribution < 1.29 is 9.90 Å². The molecule has 0 aliphatic carbocycles. The van der Waals surface area contributed by atoms with Gasteiger partial charge in [-0.15, -0.1) is 0 Å². The fourth-order valence-corrected chi connectivity index (χ4v) is 3.25. The van der Waals surface area contributed by atoms with Crippen LogP contribution in [0.15, 0.2) is 24.3 Å². The Morgan fingerprint density at radius 2 is 1.82 bits per heavy atom. The molecule has 0 bridgehead atoms. The summed E-state index contributed by atoms with van der Waals surface area (Å²) in [5.41, 5.74) is 0.711. The lowest BCUT2D eigenvalue weighted by molar-refractivity contribution is 0.115. The molecule has 0 radical (unpaired) electrons. The molecule has 2 aliphatic heterocycles. The number of likely N-dealkylation sites (tertiary alicyclic amines) is 1. The lowest BCUT2D eigenvalue weighted by Gasteiger charge is -2.37. The van der Waals surface area contributed by atoms with Gasteiger partial charge in [-0.3, -0.25) is 4.90 Å². The van der Waals surface area contributed by atoms with Crippen molar-refractivity contribution in [1.82, 2.24) is 14.7 Å². The average Bonchev–Trinajstić information content (AvgIpc) is 2.96. The zero-order chi connectivity index (χ0) is 15.5.